The second kappa shape index (κ2) is 10.3. The number of benzene rings is 1. The zero-order chi connectivity index (χ0) is 17.5. The molecule has 2 atom stereocenters. The van der Waals surface area contributed by atoms with Crippen molar-refractivity contribution in [3.05, 3.63) is 53.9 Å². The summed E-state index contributed by atoms with van der Waals surface area (Å²) in [4.78, 5) is 12.6. The molecule has 1 fully saturated rings. The van der Waals surface area contributed by atoms with E-state index in [1.165, 1.54) is 5.56 Å². The number of halogens is 1. The highest BCUT2D eigenvalue weighted by Gasteiger charge is 2.19. The van der Waals surface area contributed by atoms with Gasteiger partial charge in [0.15, 0.2) is 0 Å². The Morgan fingerprint density at radius 2 is 2.15 bits per heavy atom. The van der Waals surface area contributed by atoms with E-state index in [1.807, 2.05) is 35.1 Å². The lowest BCUT2D eigenvalue weighted by Gasteiger charge is -2.23. The summed E-state index contributed by atoms with van der Waals surface area (Å²) in [5.41, 5.74) is 1.76. The quantitative estimate of drug-likeness (QED) is 0.778. The molecule has 142 valence electrons. The summed E-state index contributed by atoms with van der Waals surface area (Å²) < 4.78 is 1.94. The number of nitrogens with zero attached hydrogens (tertiary/aromatic N) is 2. The summed E-state index contributed by atoms with van der Waals surface area (Å²) in [6.45, 7) is 4.15. The Morgan fingerprint density at radius 1 is 1.35 bits per heavy atom. The van der Waals surface area contributed by atoms with Crippen LogP contribution in [0.3, 0.4) is 0 Å². The predicted octanol–water partition coefficient (Wildman–Crippen LogP) is 3.37. The van der Waals surface area contributed by atoms with Crippen molar-refractivity contribution >= 4 is 18.3 Å². The maximum atomic E-state index is 12.6. The fourth-order valence-electron chi connectivity index (χ4n) is 3.45. The van der Waals surface area contributed by atoms with E-state index >= 15 is 0 Å². The third-order valence-corrected chi connectivity index (χ3v) is 4.78. The molecule has 0 bridgehead atoms. The lowest BCUT2D eigenvalue weighted by Crippen LogP contribution is -2.37. The topological polar surface area (TPSA) is 59.0 Å². The van der Waals surface area contributed by atoms with E-state index < -0.39 is 0 Å². The minimum Gasteiger partial charge on any atom is -0.348 e. The van der Waals surface area contributed by atoms with E-state index in [2.05, 4.69) is 34.8 Å². The van der Waals surface area contributed by atoms with E-state index in [0.717, 1.165) is 45.2 Å². The molecule has 26 heavy (non-hydrogen) atoms. The van der Waals surface area contributed by atoms with Crippen molar-refractivity contribution in [3.8, 4) is 0 Å². The number of hydrogen-bond donors (Lipinski definition) is 2. The maximum absolute atomic E-state index is 12.6. The second-order valence-corrected chi connectivity index (χ2v) is 6.83. The highest BCUT2D eigenvalue weighted by atomic mass is 35.5. The molecule has 6 heteroatoms. The third-order valence-electron chi connectivity index (χ3n) is 4.78. The number of rotatable bonds is 7. The summed E-state index contributed by atoms with van der Waals surface area (Å²) in [6.07, 6.45) is 7.06. The van der Waals surface area contributed by atoms with Gasteiger partial charge in [-0.3, -0.25) is 9.48 Å². The van der Waals surface area contributed by atoms with Gasteiger partial charge in [-0.15, -0.1) is 12.4 Å². The Morgan fingerprint density at radius 3 is 2.85 bits per heavy atom. The zero-order valence-corrected chi connectivity index (χ0v) is 16.2. The van der Waals surface area contributed by atoms with Gasteiger partial charge in [0.2, 0.25) is 0 Å². The SMILES string of the molecule is CCCC(Cc1ccccc1)NC(=O)c1ccn(C2CCCNC2)n1.Cl. The van der Waals surface area contributed by atoms with Crippen LogP contribution in [0.5, 0.6) is 0 Å². The third kappa shape index (κ3) is 5.58. The molecule has 2 aromatic rings. The van der Waals surface area contributed by atoms with Crippen molar-refractivity contribution in [1.29, 1.82) is 0 Å². The number of carbonyl (C=O) groups is 1. The Labute approximate surface area is 162 Å². The van der Waals surface area contributed by atoms with Gasteiger partial charge < -0.3 is 10.6 Å². The van der Waals surface area contributed by atoms with Crippen LogP contribution >= 0.6 is 12.4 Å². The molecule has 1 amide bonds. The molecule has 1 aromatic carbocycles. The average Bonchev–Trinajstić information content (AvgIpc) is 3.14. The zero-order valence-electron chi connectivity index (χ0n) is 15.4. The van der Waals surface area contributed by atoms with Gasteiger partial charge in [0.25, 0.3) is 5.91 Å². The minimum atomic E-state index is -0.0723. The van der Waals surface area contributed by atoms with Crippen LogP contribution in [-0.2, 0) is 6.42 Å². The molecule has 5 nitrogen and oxygen atoms in total. The molecule has 3 rings (SSSR count). The van der Waals surface area contributed by atoms with Crippen LogP contribution in [-0.4, -0.2) is 34.8 Å². The molecule has 1 aromatic heterocycles. The number of amides is 1. The smallest absolute Gasteiger partial charge is 0.272 e. The first-order valence-corrected chi connectivity index (χ1v) is 9.37. The standard InChI is InChI=1S/C20H28N4O.ClH/c1-2-7-17(14-16-8-4-3-5-9-16)22-20(25)19-11-13-24(23-19)18-10-6-12-21-15-18;/h3-5,8-9,11,13,17-18,21H,2,6-7,10,12,14-15H2,1H3,(H,22,25);1H. The van der Waals surface area contributed by atoms with E-state index in [9.17, 15) is 4.79 Å². The summed E-state index contributed by atoms with van der Waals surface area (Å²) in [5, 5.41) is 11.1. The summed E-state index contributed by atoms with van der Waals surface area (Å²) in [6, 6.07) is 12.6. The Bertz CT molecular complexity index is 667. The van der Waals surface area contributed by atoms with Crippen molar-refractivity contribution in [2.45, 2.75) is 51.1 Å². The Hall–Kier alpha value is -1.85. The maximum Gasteiger partial charge on any atom is 0.272 e. The lowest BCUT2D eigenvalue weighted by molar-refractivity contribution is 0.0928. The number of aromatic nitrogens is 2. The van der Waals surface area contributed by atoms with Gasteiger partial charge in [-0.1, -0.05) is 43.7 Å². The molecule has 2 N–H and O–H groups in total. The van der Waals surface area contributed by atoms with Crippen LogP contribution in [0, 0.1) is 0 Å². The number of piperidine rings is 1. The van der Waals surface area contributed by atoms with E-state index in [4.69, 9.17) is 0 Å². The van der Waals surface area contributed by atoms with Crippen LogP contribution in [0.15, 0.2) is 42.6 Å². The first kappa shape index (κ1) is 20.5. The van der Waals surface area contributed by atoms with Gasteiger partial charge in [0.05, 0.1) is 6.04 Å². The van der Waals surface area contributed by atoms with Crippen LogP contribution in [0.25, 0.3) is 0 Å². The highest BCUT2D eigenvalue weighted by Crippen LogP contribution is 2.16. The molecule has 1 aliphatic rings. The molecular weight excluding hydrogens is 348 g/mol. The van der Waals surface area contributed by atoms with Crippen molar-refractivity contribution < 1.29 is 4.79 Å². The minimum absolute atomic E-state index is 0. The normalized spacial score (nSPS) is 18.0. The van der Waals surface area contributed by atoms with Crippen molar-refractivity contribution in [1.82, 2.24) is 20.4 Å². The fraction of sp³-hybridized carbons (Fsp3) is 0.500. The van der Waals surface area contributed by atoms with Gasteiger partial charge in [-0.25, -0.2) is 0 Å². The Kier molecular flexibility index (Phi) is 8.13. The fourth-order valence-corrected chi connectivity index (χ4v) is 3.45. The van der Waals surface area contributed by atoms with E-state index in [-0.39, 0.29) is 24.4 Å². The molecule has 0 radical (unpaired) electrons. The van der Waals surface area contributed by atoms with Crippen LogP contribution in [0.1, 0.15) is 54.7 Å². The molecule has 2 heterocycles. The van der Waals surface area contributed by atoms with Gasteiger partial charge in [-0.2, -0.15) is 5.10 Å². The summed E-state index contributed by atoms with van der Waals surface area (Å²) >= 11 is 0. The van der Waals surface area contributed by atoms with E-state index in [0.29, 0.717) is 11.7 Å². The Balaban J connectivity index is 0.00000243. The molecule has 0 saturated carbocycles. The second-order valence-electron chi connectivity index (χ2n) is 6.83. The van der Waals surface area contributed by atoms with Crippen LogP contribution < -0.4 is 10.6 Å². The number of carbonyl (C=O) groups excluding carboxylic acids is 1. The monoisotopic (exact) mass is 376 g/mol. The molecule has 1 saturated heterocycles. The molecule has 1 aliphatic heterocycles. The molecular formula is C20H29ClN4O. The average molecular weight is 377 g/mol. The highest BCUT2D eigenvalue weighted by molar-refractivity contribution is 5.92. The van der Waals surface area contributed by atoms with Crippen molar-refractivity contribution in [2.24, 2.45) is 0 Å². The number of hydrogen-bond acceptors (Lipinski definition) is 3. The largest absolute Gasteiger partial charge is 0.348 e. The predicted molar refractivity (Wildman–Crippen MR) is 107 cm³/mol. The van der Waals surface area contributed by atoms with Gasteiger partial charge in [0, 0.05) is 18.8 Å². The van der Waals surface area contributed by atoms with Crippen LogP contribution in [0.4, 0.5) is 0 Å². The van der Waals surface area contributed by atoms with E-state index in [1.54, 1.807) is 0 Å². The van der Waals surface area contributed by atoms with Gasteiger partial charge >= 0.3 is 0 Å². The molecule has 0 spiro atoms. The lowest BCUT2D eigenvalue weighted by atomic mass is 10.0. The van der Waals surface area contributed by atoms with Gasteiger partial charge in [-0.05, 0) is 43.9 Å². The van der Waals surface area contributed by atoms with Crippen LogP contribution in [0.2, 0.25) is 0 Å². The first-order valence-electron chi connectivity index (χ1n) is 9.37. The summed E-state index contributed by atoms with van der Waals surface area (Å²) in [5.74, 6) is -0.0723. The number of nitrogens with one attached hydrogen (secondary N) is 2. The molecule has 2 unspecified atom stereocenters. The van der Waals surface area contributed by atoms with Gasteiger partial charge in [0.1, 0.15) is 5.69 Å². The first-order chi connectivity index (χ1) is 12.3. The van der Waals surface area contributed by atoms with Crippen molar-refractivity contribution in [3.63, 3.8) is 0 Å². The summed E-state index contributed by atoms with van der Waals surface area (Å²) in [7, 11) is 0. The van der Waals surface area contributed by atoms with Crippen molar-refractivity contribution in [2.75, 3.05) is 13.1 Å². The molecule has 0 aliphatic carbocycles.